The van der Waals surface area contributed by atoms with Crippen molar-refractivity contribution in [2.75, 3.05) is 37.6 Å². The number of anilines is 1. The van der Waals surface area contributed by atoms with Gasteiger partial charge in [0.1, 0.15) is 6.61 Å². The van der Waals surface area contributed by atoms with E-state index in [4.69, 9.17) is 4.74 Å². The van der Waals surface area contributed by atoms with Gasteiger partial charge in [-0.05, 0) is 11.6 Å². The number of rotatable bonds is 7. The van der Waals surface area contributed by atoms with Crippen molar-refractivity contribution in [2.24, 2.45) is 0 Å². The van der Waals surface area contributed by atoms with E-state index in [1.54, 1.807) is 17.3 Å². The first-order valence-corrected chi connectivity index (χ1v) is 10.5. The predicted octanol–water partition coefficient (Wildman–Crippen LogP) is 1.67. The molecule has 1 N–H and O–H groups in total. The molecule has 3 aromatic rings. The monoisotopic (exact) mass is 450 g/mol. The highest BCUT2D eigenvalue weighted by Crippen LogP contribution is 2.15. The lowest BCUT2D eigenvalue weighted by Gasteiger charge is -2.34. The molecule has 2 aromatic heterocycles. The largest absolute Gasteiger partial charge is 0.486 e. The van der Waals surface area contributed by atoms with Gasteiger partial charge in [0, 0.05) is 44.0 Å². The van der Waals surface area contributed by atoms with Gasteiger partial charge in [-0.15, -0.1) is 0 Å². The molecule has 0 spiro atoms. The van der Waals surface area contributed by atoms with Crippen LogP contribution in [0.3, 0.4) is 0 Å². The normalized spacial score (nSPS) is 13.5. The molecule has 0 radical (unpaired) electrons. The Kier molecular flexibility index (Phi) is 7.03. The molecule has 33 heavy (non-hydrogen) atoms. The van der Waals surface area contributed by atoms with E-state index in [9.17, 15) is 14.0 Å². The Morgan fingerprint density at radius 1 is 1.00 bits per heavy atom. The summed E-state index contributed by atoms with van der Waals surface area (Å²) >= 11 is 0. The Morgan fingerprint density at radius 3 is 2.42 bits per heavy atom. The quantitative estimate of drug-likeness (QED) is 0.547. The minimum Gasteiger partial charge on any atom is -0.486 e. The van der Waals surface area contributed by atoms with Gasteiger partial charge in [-0.25, -0.2) is 15.0 Å². The minimum atomic E-state index is -0.747. The number of piperazine rings is 1. The highest BCUT2D eigenvalue weighted by molar-refractivity contribution is 5.96. The Hall–Kier alpha value is -4.08. The number of nitrogens with one attached hydrogen (secondary N) is 1. The minimum absolute atomic E-state index is 0.119. The fourth-order valence-electron chi connectivity index (χ4n) is 3.36. The van der Waals surface area contributed by atoms with E-state index >= 15 is 0 Å². The van der Waals surface area contributed by atoms with Crippen molar-refractivity contribution >= 4 is 17.8 Å². The smallest absolute Gasteiger partial charge is 0.251 e. The second-order valence-corrected chi connectivity index (χ2v) is 7.41. The topological polar surface area (TPSA) is 101 Å². The van der Waals surface area contributed by atoms with Crippen molar-refractivity contribution < 1.29 is 18.7 Å². The molecule has 10 heteroatoms. The summed E-state index contributed by atoms with van der Waals surface area (Å²) in [5, 5.41) is 2.52. The number of benzene rings is 1. The first-order chi connectivity index (χ1) is 16.1. The number of hydrogen-bond acceptors (Lipinski definition) is 7. The van der Waals surface area contributed by atoms with Gasteiger partial charge < -0.3 is 19.9 Å². The second kappa shape index (κ2) is 10.5. The van der Waals surface area contributed by atoms with Gasteiger partial charge in [0.15, 0.2) is 5.75 Å². The van der Waals surface area contributed by atoms with E-state index in [0.717, 1.165) is 11.6 Å². The van der Waals surface area contributed by atoms with Crippen LogP contribution in [-0.2, 0) is 11.4 Å². The van der Waals surface area contributed by atoms with Crippen molar-refractivity contribution in [3.05, 3.63) is 78.1 Å². The average Bonchev–Trinajstić information content (AvgIpc) is 2.87. The summed E-state index contributed by atoms with van der Waals surface area (Å²) in [4.78, 5) is 40.3. The number of pyridine rings is 1. The van der Waals surface area contributed by atoms with E-state index in [1.807, 2.05) is 35.2 Å². The van der Waals surface area contributed by atoms with Gasteiger partial charge in [0.2, 0.25) is 17.8 Å². The van der Waals surface area contributed by atoms with Gasteiger partial charge >= 0.3 is 0 Å². The highest BCUT2D eigenvalue weighted by atomic mass is 19.1. The predicted molar refractivity (Wildman–Crippen MR) is 118 cm³/mol. The SMILES string of the molecule is O=C(NCC(=O)N1CCN(c2ncc(OCc3ccccc3)cn2)CC1)c1ccnc(F)c1. The van der Waals surface area contributed by atoms with E-state index in [0.29, 0.717) is 44.5 Å². The molecule has 0 unspecified atom stereocenters. The summed E-state index contributed by atoms with van der Waals surface area (Å²) in [6.07, 6.45) is 4.48. The van der Waals surface area contributed by atoms with Gasteiger partial charge in [-0.2, -0.15) is 4.39 Å². The van der Waals surface area contributed by atoms with E-state index in [-0.39, 0.29) is 18.0 Å². The number of amides is 2. The molecule has 1 saturated heterocycles. The lowest BCUT2D eigenvalue weighted by atomic mass is 10.2. The van der Waals surface area contributed by atoms with Crippen molar-refractivity contribution in [2.45, 2.75) is 6.61 Å². The van der Waals surface area contributed by atoms with Crippen LogP contribution in [-0.4, -0.2) is 64.4 Å². The Balaban J connectivity index is 1.22. The summed E-state index contributed by atoms with van der Waals surface area (Å²) in [7, 11) is 0. The molecular weight excluding hydrogens is 427 g/mol. The zero-order valence-corrected chi connectivity index (χ0v) is 17.9. The summed E-state index contributed by atoms with van der Waals surface area (Å²) in [5.41, 5.74) is 1.18. The first kappa shape index (κ1) is 22.1. The molecule has 170 valence electrons. The second-order valence-electron chi connectivity index (χ2n) is 7.41. The maximum absolute atomic E-state index is 13.1. The molecule has 4 rings (SSSR count). The van der Waals surface area contributed by atoms with Crippen LogP contribution in [0.25, 0.3) is 0 Å². The van der Waals surface area contributed by atoms with E-state index in [2.05, 4.69) is 20.3 Å². The molecule has 2 amide bonds. The van der Waals surface area contributed by atoms with Crippen LogP contribution < -0.4 is 15.0 Å². The molecule has 0 saturated carbocycles. The summed E-state index contributed by atoms with van der Waals surface area (Å²) in [6, 6.07) is 12.3. The van der Waals surface area contributed by atoms with Crippen LogP contribution in [0, 0.1) is 5.95 Å². The maximum atomic E-state index is 13.1. The lowest BCUT2D eigenvalue weighted by molar-refractivity contribution is -0.130. The first-order valence-electron chi connectivity index (χ1n) is 10.5. The molecule has 0 aliphatic carbocycles. The third-order valence-corrected chi connectivity index (χ3v) is 5.17. The molecule has 1 fully saturated rings. The van der Waals surface area contributed by atoms with Crippen molar-refractivity contribution in [1.29, 1.82) is 0 Å². The molecule has 1 aromatic carbocycles. The molecular formula is C23H23FN6O3. The number of nitrogens with zero attached hydrogens (tertiary/aromatic N) is 5. The van der Waals surface area contributed by atoms with Crippen LogP contribution in [0.2, 0.25) is 0 Å². The maximum Gasteiger partial charge on any atom is 0.251 e. The third kappa shape index (κ3) is 6.00. The van der Waals surface area contributed by atoms with Crippen molar-refractivity contribution in [1.82, 2.24) is 25.2 Å². The van der Waals surface area contributed by atoms with Gasteiger partial charge in [0.05, 0.1) is 18.9 Å². The number of halogens is 1. The molecule has 9 nitrogen and oxygen atoms in total. The fourth-order valence-corrected chi connectivity index (χ4v) is 3.36. The van der Waals surface area contributed by atoms with Crippen LogP contribution in [0.1, 0.15) is 15.9 Å². The average molecular weight is 450 g/mol. The van der Waals surface area contributed by atoms with Crippen molar-refractivity contribution in [3.8, 4) is 5.75 Å². The standard InChI is InChI=1S/C23H23FN6O3/c24-20-12-18(6-7-25-20)22(32)26-15-21(31)29-8-10-30(11-9-29)23-27-13-19(14-28-23)33-16-17-4-2-1-3-5-17/h1-7,12-14H,8-11,15-16H2,(H,26,32). The van der Waals surface area contributed by atoms with E-state index in [1.165, 1.54) is 12.3 Å². The Morgan fingerprint density at radius 2 is 1.73 bits per heavy atom. The molecule has 0 atom stereocenters. The number of carbonyl (C=O) groups is 2. The number of ether oxygens (including phenoxy) is 1. The van der Waals surface area contributed by atoms with Crippen molar-refractivity contribution in [3.63, 3.8) is 0 Å². The molecule has 1 aliphatic rings. The van der Waals surface area contributed by atoms with E-state index < -0.39 is 11.9 Å². The van der Waals surface area contributed by atoms with Crippen LogP contribution in [0.5, 0.6) is 5.75 Å². The van der Waals surface area contributed by atoms with Crippen LogP contribution in [0.15, 0.2) is 61.1 Å². The molecule has 0 bridgehead atoms. The zero-order valence-electron chi connectivity index (χ0n) is 17.9. The summed E-state index contributed by atoms with van der Waals surface area (Å²) in [5.74, 6) is -0.319. The fraction of sp³-hybridized carbons (Fsp3) is 0.261. The number of carbonyl (C=O) groups excluding carboxylic acids is 2. The van der Waals surface area contributed by atoms with Gasteiger partial charge in [-0.3, -0.25) is 9.59 Å². The summed E-state index contributed by atoms with van der Waals surface area (Å²) < 4.78 is 18.8. The molecule has 1 aliphatic heterocycles. The number of aromatic nitrogens is 3. The zero-order chi connectivity index (χ0) is 23.0. The van der Waals surface area contributed by atoms with Crippen LogP contribution in [0.4, 0.5) is 10.3 Å². The molecule has 3 heterocycles. The van der Waals surface area contributed by atoms with Gasteiger partial charge in [-0.1, -0.05) is 30.3 Å². The number of hydrogen-bond donors (Lipinski definition) is 1. The van der Waals surface area contributed by atoms with Crippen LogP contribution >= 0.6 is 0 Å². The third-order valence-electron chi connectivity index (χ3n) is 5.17. The van der Waals surface area contributed by atoms with Gasteiger partial charge in [0.25, 0.3) is 5.91 Å². The highest BCUT2D eigenvalue weighted by Gasteiger charge is 2.23. The Bertz CT molecular complexity index is 1090. The lowest BCUT2D eigenvalue weighted by Crippen LogP contribution is -2.51. The summed E-state index contributed by atoms with van der Waals surface area (Å²) in [6.45, 7) is 2.38. The Labute approximate surface area is 190 Å².